The molecule has 0 saturated carbocycles. The van der Waals surface area contributed by atoms with Crippen molar-refractivity contribution < 1.29 is 13.9 Å². The van der Waals surface area contributed by atoms with Crippen LogP contribution in [0.4, 0.5) is 4.39 Å². The molecule has 0 radical (unpaired) electrons. The first-order valence-electron chi connectivity index (χ1n) is 5.94. The lowest BCUT2D eigenvalue weighted by Crippen LogP contribution is -2.41. The summed E-state index contributed by atoms with van der Waals surface area (Å²) in [5.74, 6) is -0.543. The molecule has 18 heavy (non-hydrogen) atoms. The van der Waals surface area contributed by atoms with Crippen LogP contribution in [0.5, 0.6) is 0 Å². The molecule has 1 heterocycles. The van der Waals surface area contributed by atoms with E-state index in [9.17, 15) is 9.18 Å². The standard InChI is InChI=1S/C13H15BrFNO2/c1-8-6-10(4-5-18-8)16-13(17)11-3-2-9(15)7-12(11)14/h2-3,7-8,10H,4-6H2,1H3,(H,16,17). The largest absolute Gasteiger partial charge is 0.378 e. The Morgan fingerprint density at radius 3 is 3.00 bits per heavy atom. The minimum Gasteiger partial charge on any atom is -0.378 e. The molecule has 5 heteroatoms. The van der Waals surface area contributed by atoms with Gasteiger partial charge in [-0.25, -0.2) is 4.39 Å². The van der Waals surface area contributed by atoms with E-state index >= 15 is 0 Å². The number of ether oxygens (including phenoxy) is 1. The van der Waals surface area contributed by atoms with Crippen molar-refractivity contribution in [3.05, 3.63) is 34.1 Å². The maximum Gasteiger partial charge on any atom is 0.252 e. The SMILES string of the molecule is CC1CC(NC(=O)c2ccc(F)cc2Br)CCO1. The average molecular weight is 316 g/mol. The van der Waals surface area contributed by atoms with Crippen LogP contribution in [0.3, 0.4) is 0 Å². The number of benzene rings is 1. The van der Waals surface area contributed by atoms with E-state index in [1.807, 2.05) is 6.92 Å². The molecule has 1 aliphatic heterocycles. The predicted molar refractivity (Wildman–Crippen MR) is 70.0 cm³/mol. The van der Waals surface area contributed by atoms with Crippen molar-refractivity contribution in [1.82, 2.24) is 5.32 Å². The van der Waals surface area contributed by atoms with E-state index in [2.05, 4.69) is 21.2 Å². The van der Waals surface area contributed by atoms with Crippen LogP contribution in [0.2, 0.25) is 0 Å². The first-order valence-corrected chi connectivity index (χ1v) is 6.73. The van der Waals surface area contributed by atoms with E-state index in [-0.39, 0.29) is 23.9 Å². The first-order chi connectivity index (χ1) is 8.56. The van der Waals surface area contributed by atoms with Gasteiger partial charge in [-0.3, -0.25) is 4.79 Å². The van der Waals surface area contributed by atoms with Crippen LogP contribution in [0.25, 0.3) is 0 Å². The summed E-state index contributed by atoms with van der Waals surface area (Å²) in [7, 11) is 0. The molecular weight excluding hydrogens is 301 g/mol. The normalized spacial score (nSPS) is 23.7. The summed E-state index contributed by atoms with van der Waals surface area (Å²) >= 11 is 3.20. The number of carbonyl (C=O) groups excluding carboxylic acids is 1. The lowest BCUT2D eigenvalue weighted by molar-refractivity contribution is 0.0136. The number of halogens is 2. The molecule has 1 aromatic rings. The molecule has 0 bridgehead atoms. The van der Waals surface area contributed by atoms with Gasteiger partial charge in [0.1, 0.15) is 5.82 Å². The Bertz CT molecular complexity index is 453. The number of nitrogens with one attached hydrogen (secondary N) is 1. The van der Waals surface area contributed by atoms with Crippen molar-refractivity contribution in [3.63, 3.8) is 0 Å². The third-order valence-corrected chi connectivity index (χ3v) is 3.65. The van der Waals surface area contributed by atoms with E-state index in [1.165, 1.54) is 18.2 Å². The van der Waals surface area contributed by atoms with Crippen molar-refractivity contribution in [2.75, 3.05) is 6.61 Å². The lowest BCUT2D eigenvalue weighted by Gasteiger charge is -2.28. The van der Waals surface area contributed by atoms with Gasteiger partial charge in [-0.15, -0.1) is 0 Å². The Kier molecular flexibility index (Phi) is 4.35. The maximum atomic E-state index is 12.9. The van der Waals surface area contributed by atoms with Gasteiger partial charge in [0.2, 0.25) is 0 Å². The van der Waals surface area contributed by atoms with E-state index < -0.39 is 0 Å². The fourth-order valence-electron chi connectivity index (χ4n) is 2.07. The Morgan fingerprint density at radius 2 is 2.33 bits per heavy atom. The summed E-state index contributed by atoms with van der Waals surface area (Å²) in [6.07, 6.45) is 1.79. The van der Waals surface area contributed by atoms with Gasteiger partial charge in [-0.1, -0.05) is 0 Å². The molecule has 1 amide bonds. The highest BCUT2D eigenvalue weighted by Crippen LogP contribution is 2.19. The van der Waals surface area contributed by atoms with E-state index in [4.69, 9.17) is 4.74 Å². The summed E-state index contributed by atoms with van der Waals surface area (Å²) in [6, 6.07) is 4.18. The number of rotatable bonds is 2. The summed E-state index contributed by atoms with van der Waals surface area (Å²) in [6.45, 7) is 2.66. The van der Waals surface area contributed by atoms with Crippen molar-refractivity contribution in [2.45, 2.75) is 31.9 Å². The van der Waals surface area contributed by atoms with Gasteiger partial charge in [0.25, 0.3) is 5.91 Å². The molecule has 1 saturated heterocycles. The second-order valence-electron chi connectivity index (χ2n) is 4.50. The van der Waals surface area contributed by atoms with Crippen LogP contribution in [0, 0.1) is 5.82 Å². The highest BCUT2D eigenvalue weighted by molar-refractivity contribution is 9.10. The molecule has 98 valence electrons. The number of hydrogen-bond donors (Lipinski definition) is 1. The Hall–Kier alpha value is -0.940. The zero-order chi connectivity index (χ0) is 13.1. The third kappa shape index (κ3) is 3.29. The fourth-order valence-corrected chi connectivity index (χ4v) is 2.60. The van der Waals surface area contributed by atoms with Crippen LogP contribution < -0.4 is 5.32 Å². The molecule has 2 atom stereocenters. The van der Waals surface area contributed by atoms with Crippen LogP contribution in [0.1, 0.15) is 30.1 Å². The van der Waals surface area contributed by atoms with Crippen molar-refractivity contribution >= 4 is 21.8 Å². The van der Waals surface area contributed by atoms with Crippen molar-refractivity contribution in [1.29, 1.82) is 0 Å². The Morgan fingerprint density at radius 1 is 1.56 bits per heavy atom. The number of carbonyl (C=O) groups is 1. The van der Waals surface area contributed by atoms with Gasteiger partial charge < -0.3 is 10.1 Å². The first kappa shape index (κ1) is 13.5. The average Bonchev–Trinajstić information content (AvgIpc) is 2.28. The second-order valence-corrected chi connectivity index (χ2v) is 5.35. The third-order valence-electron chi connectivity index (χ3n) is 3.00. The van der Waals surface area contributed by atoms with Crippen LogP contribution in [-0.4, -0.2) is 24.7 Å². The summed E-state index contributed by atoms with van der Waals surface area (Å²) in [5.41, 5.74) is 0.454. The molecule has 0 aromatic heterocycles. The molecule has 1 aliphatic rings. The molecule has 1 aromatic carbocycles. The monoisotopic (exact) mass is 315 g/mol. The zero-order valence-electron chi connectivity index (χ0n) is 10.1. The summed E-state index contributed by atoms with van der Waals surface area (Å²) in [5, 5.41) is 2.95. The second kappa shape index (κ2) is 5.80. The minimum atomic E-state index is -0.363. The smallest absolute Gasteiger partial charge is 0.252 e. The molecular formula is C13H15BrFNO2. The van der Waals surface area contributed by atoms with Crippen LogP contribution in [-0.2, 0) is 4.74 Å². The van der Waals surface area contributed by atoms with E-state index in [0.29, 0.717) is 16.6 Å². The highest BCUT2D eigenvalue weighted by atomic mass is 79.9. The molecule has 1 N–H and O–H groups in total. The lowest BCUT2D eigenvalue weighted by atomic mass is 10.0. The quantitative estimate of drug-likeness (QED) is 0.911. The van der Waals surface area contributed by atoms with Gasteiger partial charge in [0.15, 0.2) is 0 Å². The van der Waals surface area contributed by atoms with Crippen LogP contribution in [0.15, 0.2) is 22.7 Å². The van der Waals surface area contributed by atoms with Crippen LogP contribution >= 0.6 is 15.9 Å². The molecule has 0 aliphatic carbocycles. The number of hydrogen-bond acceptors (Lipinski definition) is 2. The Balaban J connectivity index is 2.03. The minimum absolute atomic E-state index is 0.123. The number of amides is 1. The molecule has 1 fully saturated rings. The van der Waals surface area contributed by atoms with Gasteiger partial charge >= 0.3 is 0 Å². The van der Waals surface area contributed by atoms with Crippen molar-refractivity contribution in [2.24, 2.45) is 0 Å². The summed E-state index contributed by atoms with van der Waals surface area (Å²) < 4.78 is 18.8. The summed E-state index contributed by atoms with van der Waals surface area (Å²) in [4.78, 5) is 12.0. The van der Waals surface area contributed by atoms with E-state index in [1.54, 1.807) is 0 Å². The van der Waals surface area contributed by atoms with Gasteiger partial charge in [-0.05, 0) is 53.9 Å². The molecule has 2 unspecified atom stereocenters. The van der Waals surface area contributed by atoms with Gasteiger partial charge in [0, 0.05) is 17.1 Å². The fraction of sp³-hybridized carbons (Fsp3) is 0.462. The Labute approximate surface area is 114 Å². The topological polar surface area (TPSA) is 38.3 Å². The zero-order valence-corrected chi connectivity index (χ0v) is 11.7. The maximum absolute atomic E-state index is 12.9. The van der Waals surface area contributed by atoms with E-state index in [0.717, 1.165) is 12.8 Å². The molecule has 3 nitrogen and oxygen atoms in total. The van der Waals surface area contributed by atoms with Crippen molar-refractivity contribution in [3.8, 4) is 0 Å². The van der Waals surface area contributed by atoms with Gasteiger partial charge in [0.05, 0.1) is 11.7 Å². The molecule has 2 rings (SSSR count). The highest BCUT2D eigenvalue weighted by Gasteiger charge is 2.22. The van der Waals surface area contributed by atoms with Gasteiger partial charge in [-0.2, -0.15) is 0 Å². The predicted octanol–water partition coefficient (Wildman–Crippen LogP) is 2.89. The molecule has 0 spiro atoms.